The number of nitrogens with zero attached hydrogens (tertiary/aromatic N) is 9. The predicted molar refractivity (Wildman–Crippen MR) is 159 cm³/mol. The van der Waals surface area contributed by atoms with Crippen molar-refractivity contribution in [2.75, 3.05) is 36.8 Å². The molecule has 10 nitrogen and oxygen atoms in total. The summed E-state index contributed by atoms with van der Waals surface area (Å²) in [5.74, 6) is 2.12. The second-order valence-electron chi connectivity index (χ2n) is 9.99. The Morgan fingerprint density at radius 1 is 0.756 bits per heavy atom. The Bertz CT molecular complexity index is 1780. The molecule has 5 aromatic heterocycles. The van der Waals surface area contributed by atoms with Crippen LogP contribution in [0, 0.1) is 0 Å². The molecule has 1 aliphatic heterocycles. The molecule has 1 fully saturated rings. The number of nitrogen functional groups attached to an aromatic ring is 1. The van der Waals surface area contributed by atoms with E-state index in [9.17, 15) is 0 Å². The van der Waals surface area contributed by atoms with Crippen molar-refractivity contribution < 1.29 is 0 Å². The van der Waals surface area contributed by atoms with Gasteiger partial charge in [0.1, 0.15) is 23.5 Å². The molecule has 0 saturated carbocycles. The number of hydrogen-bond donors (Lipinski definition) is 1. The number of aromatic nitrogens is 7. The van der Waals surface area contributed by atoms with Gasteiger partial charge in [-0.3, -0.25) is 14.5 Å². The van der Waals surface area contributed by atoms with Gasteiger partial charge in [-0.1, -0.05) is 12.1 Å². The minimum absolute atomic E-state index is 0.425. The summed E-state index contributed by atoms with van der Waals surface area (Å²) in [4.78, 5) is 31.7. The molecule has 202 valence electrons. The van der Waals surface area contributed by atoms with E-state index in [0.717, 1.165) is 72.2 Å². The molecule has 2 N–H and O–H groups in total. The highest BCUT2D eigenvalue weighted by atomic mass is 15.3. The van der Waals surface area contributed by atoms with Crippen molar-refractivity contribution >= 4 is 22.8 Å². The Morgan fingerprint density at radius 2 is 1.61 bits per heavy atom. The summed E-state index contributed by atoms with van der Waals surface area (Å²) in [5.41, 5.74) is 12.6. The van der Waals surface area contributed by atoms with Gasteiger partial charge in [-0.05, 0) is 60.2 Å². The standard InChI is InChI=1S/C31H28N10/c32-29-25(4-2-13-35-29)30-38-27-10-9-26(23-3-1-12-33-19-23)37-31(27)41(30)24-7-5-22(6-8-24)20-39-15-17-40(18-16-39)28-11-14-34-21-36-28/h1-14,19,21H,15-18,20H2,(H2,32,35). The van der Waals surface area contributed by atoms with Crippen LogP contribution in [0.3, 0.4) is 0 Å². The third-order valence-electron chi connectivity index (χ3n) is 7.40. The molecule has 10 heteroatoms. The van der Waals surface area contributed by atoms with Crippen molar-refractivity contribution in [2.24, 2.45) is 0 Å². The Labute approximate surface area is 237 Å². The molecule has 41 heavy (non-hydrogen) atoms. The number of piperazine rings is 1. The topological polar surface area (TPSA) is 115 Å². The van der Waals surface area contributed by atoms with Crippen LogP contribution < -0.4 is 10.6 Å². The maximum Gasteiger partial charge on any atom is 0.165 e. The Balaban J connectivity index is 1.19. The van der Waals surface area contributed by atoms with Crippen molar-refractivity contribution in [1.82, 2.24) is 39.4 Å². The van der Waals surface area contributed by atoms with Crippen LogP contribution >= 0.6 is 0 Å². The average Bonchev–Trinajstić information content (AvgIpc) is 3.41. The molecule has 1 saturated heterocycles. The fourth-order valence-corrected chi connectivity index (χ4v) is 5.28. The van der Waals surface area contributed by atoms with E-state index in [1.54, 1.807) is 24.9 Å². The highest BCUT2D eigenvalue weighted by Crippen LogP contribution is 2.31. The molecule has 0 radical (unpaired) electrons. The van der Waals surface area contributed by atoms with Gasteiger partial charge in [0.2, 0.25) is 0 Å². The van der Waals surface area contributed by atoms with Gasteiger partial charge in [0, 0.05) is 68.8 Å². The molecule has 0 spiro atoms. The van der Waals surface area contributed by atoms with Crippen molar-refractivity contribution in [3.05, 3.63) is 103 Å². The van der Waals surface area contributed by atoms with Crippen molar-refractivity contribution in [2.45, 2.75) is 6.54 Å². The normalized spacial score (nSPS) is 14.0. The Morgan fingerprint density at radius 3 is 2.37 bits per heavy atom. The molecule has 0 amide bonds. The van der Waals surface area contributed by atoms with Gasteiger partial charge in [0.15, 0.2) is 11.5 Å². The van der Waals surface area contributed by atoms with Crippen LogP contribution in [0.5, 0.6) is 0 Å². The fraction of sp³-hybridized carbons (Fsp3) is 0.161. The maximum absolute atomic E-state index is 6.31. The first kappa shape index (κ1) is 24.8. The lowest BCUT2D eigenvalue weighted by atomic mass is 10.1. The predicted octanol–water partition coefficient (Wildman–Crippen LogP) is 4.24. The number of rotatable bonds is 6. The largest absolute Gasteiger partial charge is 0.383 e. The third kappa shape index (κ3) is 4.96. The second kappa shape index (κ2) is 10.7. The maximum atomic E-state index is 6.31. The summed E-state index contributed by atoms with van der Waals surface area (Å²) in [5, 5.41) is 0. The molecule has 1 aliphatic rings. The number of nitrogens with two attached hydrogens (primary N) is 1. The molecule has 0 atom stereocenters. The van der Waals surface area contributed by atoms with Crippen LogP contribution in [0.1, 0.15) is 5.56 Å². The highest BCUT2D eigenvalue weighted by molar-refractivity contribution is 5.84. The van der Waals surface area contributed by atoms with Crippen LogP contribution in [-0.4, -0.2) is 65.5 Å². The smallest absolute Gasteiger partial charge is 0.165 e. The Hall–Kier alpha value is -5.22. The van der Waals surface area contributed by atoms with E-state index in [4.69, 9.17) is 15.7 Å². The van der Waals surface area contributed by atoms with E-state index in [0.29, 0.717) is 11.6 Å². The fourth-order valence-electron chi connectivity index (χ4n) is 5.28. The summed E-state index contributed by atoms with van der Waals surface area (Å²) >= 11 is 0. The number of pyridine rings is 3. The quantitative estimate of drug-likeness (QED) is 0.331. The molecule has 6 heterocycles. The van der Waals surface area contributed by atoms with Crippen LogP contribution in [0.4, 0.5) is 11.6 Å². The van der Waals surface area contributed by atoms with E-state index in [2.05, 4.69) is 58.6 Å². The van der Waals surface area contributed by atoms with Crippen LogP contribution in [0.25, 0.3) is 39.5 Å². The summed E-state index contributed by atoms with van der Waals surface area (Å²) in [6, 6.07) is 22.3. The molecular formula is C31H28N10. The number of anilines is 2. The second-order valence-corrected chi connectivity index (χ2v) is 9.99. The number of imidazole rings is 1. The van der Waals surface area contributed by atoms with E-state index in [1.165, 1.54) is 5.56 Å². The highest BCUT2D eigenvalue weighted by Gasteiger charge is 2.20. The summed E-state index contributed by atoms with van der Waals surface area (Å²) in [6.45, 7) is 4.72. The van der Waals surface area contributed by atoms with Crippen molar-refractivity contribution in [1.29, 1.82) is 0 Å². The monoisotopic (exact) mass is 540 g/mol. The number of hydrogen-bond acceptors (Lipinski definition) is 9. The van der Waals surface area contributed by atoms with Gasteiger partial charge in [-0.2, -0.15) is 0 Å². The zero-order valence-corrected chi connectivity index (χ0v) is 22.4. The van der Waals surface area contributed by atoms with Gasteiger partial charge in [-0.25, -0.2) is 24.9 Å². The molecule has 7 rings (SSSR count). The molecular weight excluding hydrogens is 512 g/mol. The van der Waals surface area contributed by atoms with Gasteiger partial charge in [0.25, 0.3) is 0 Å². The summed E-state index contributed by atoms with van der Waals surface area (Å²) < 4.78 is 2.06. The lowest BCUT2D eigenvalue weighted by molar-refractivity contribution is 0.249. The first-order valence-corrected chi connectivity index (χ1v) is 13.6. The van der Waals surface area contributed by atoms with Crippen molar-refractivity contribution in [3.8, 4) is 28.3 Å². The molecule has 6 aromatic rings. The third-order valence-corrected chi connectivity index (χ3v) is 7.40. The van der Waals surface area contributed by atoms with E-state index >= 15 is 0 Å². The number of fused-ring (bicyclic) bond motifs is 1. The van der Waals surface area contributed by atoms with Crippen LogP contribution in [0.15, 0.2) is 97.8 Å². The van der Waals surface area contributed by atoms with Gasteiger partial charge in [0.05, 0.1) is 11.3 Å². The molecule has 0 bridgehead atoms. The minimum atomic E-state index is 0.425. The van der Waals surface area contributed by atoms with Crippen molar-refractivity contribution in [3.63, 3.8) is 0 Å². The SMILES string of the molecule is Nc1ncccc1-c1nc2ccc(-c3cccnc3)nc2n1-c1ccc(CN2CCN(c3ccncn3)CC2)cc1. The summed E-state index contributed by atoms with van der Waals surface area (Å²) in [7, 11) is 0. The van der Waals surface area contributed by atoms with E-state index in [1.807, 2.05) is 48.7 Å². The zero-order valence-electron chi connectivity index (χ0n) is 22.4. The Kier molecular flexibility index (Phi) is 6.50. The first-order valence-electron chi connectivity index (χ1n) is 13.6. The average molecular weight is 541 g/mol. The number of benzene rings is 1. The van der Waals surface area contributed by atoms with E-state index < -0.39 is 0 Å². The first-order chi connectivity index (χ1) is 20.2. The van der Waals surface area contributed by atoms with Gasteiger partial charge in [-0.15, -0.1) is 0 Å². The van der Waals surface area contributed by atoms with Crippen LogP contribution in [0.2, 0.25) is 0 Å². The van der Waals surface area contributed by atoms with Gasteiger partial charge >= 0.3 is 0 Å². The van der Waals surface area contributed by atoms with E-state index in [-0.39, 0.29) is 0 Å². The molecule has 0 aliphatic carbocycles. The minimum Gasteiger partial charge on any atom is -0.383 e. The summed E-state index contributed by atoms with van der Waals surface area (Å²) in [6.07, 6.45) is 8.66. The molecule has 1 aromatic carbocycles. The lowest BCUT2D eigenvalue weighted by Gasteiger charge is -2.35. The lowest BCUT2D eigenvalue weighted by Crippen LogP contribution is -2.46. The zero-order chi connectivity index (χ0) is 27.6. The van der Waals surface area contributed by atoms with Crippen LogP contribution in [-0.2, 0) is 6.54 Å². The molecule has 0 unspecified atom stereocenters. The van der Waals surface area contributed by atoms with Gasteiger partial charge < -0.3 is 10.6 Å².